The minimum absolute atomic E-state index is 0.313. The van der Waals surface area contributed by atoms with Crippen LogP contribution in [0.3, 0.4) is 0 Å². The third kappa shape index (κ3) is 4.18. The molecule has 0 spiro atoms. The van der Waals surface area contributed by atoms with Crippen LogP contribution in [0.5, 0.6) is 0 Å². The fourth-order valence-corrected chi connectivity index (χ4v) is 3.28. The van der Waals surface area contributed by atoms with Crippen LogP contribution in [0.25, 0.3) is 11.3 Å². The lowest BCUT2D eigenvalue weighted by Crippen LogP contribution is -2.38. The maximum absolute atomic E-state index is 12.9. The topological polar surface area (TPSA) is 29.0 Å². The summed E-state index contributed by atoms with van der Waals surface area (Å²) in [4.78, 5) is 11.3. The van der Waals surface area contributed by atoms with E-state index in [-0.39, 0.29) is 0 Å². The summed E-state index contributed by atoms with van der Waals surface area (Å²) in [6.45, 7) is 6.40. The molecule has 25 heavy (non-hydrogen) atoms. The van der Waals surface area contributed by atoms with Gasteiger partial charge in [-0.1, -0.05) is 12.1 Å². The molecule has 1 fully saturated rings. The minimum Gasteiger partial charge on any atom is -0.301 e. The van der Waals surface area contributed by atoms with Crippen molar-refractivity contribution in [3.05, 3.63) is 47.9 Å². The predicted octanol–water partition coefficient (Wildman–Crippen LogP) is 4.75. The number of nitrogens with zero attached hydrogens (tertiary/aromatic N) is 3. The average Bonchev–Trinajstić information content (AvgIpc) is 2.61. The van der Waals surface area contributed by atoms with Gasteiger partial charge in [0.05, 0.1) is 23.1 Å². The summed E-state index contributed by atoms with van der Waals surface area (Å²) >= 11 is 0. The molecule has 0 amide bonds. The molecule has 0 radical (unpaired) electrons. The molecule has 3 rings (SSSR count). The van der Waals surface area contributed by atoms with Gasteiger partial charge in [0.25, 0.3) is 0 Å². The van der Waals surface area contributed by atoms with E-state index < -0.39 is 11.7 Å². The van der Waals surface area contributed by atoms with Crippen LogP contribution in [0, 0.1) is 0 Å². The normalized spacial score (nSPS) is 17.2. The standard InChI is InChI=1S/C19H22F3N3/c1-13(2)25-8-6-14(7-9-25)17-11-23-12-18(24-17)15-4-3-5-16(10-15)19(20,21)22/h3-5,10-14H,6-9H2,1-2H3. The summed E-state index contributed by atoms with van der Waals surface area (Å²) < 4.78 is 38.7. The summed E-state index contributed by atoms with van der Waals surface area (Å²) in [6.07, 6.45) is 0.914. The number of benzene rings is 1. The van der Waals surface area contributed by atoms with Crippen LogP contribution in [0.15, 0.2) is 36.7 Å². The second-order valence-corrected chi connectivity index (χ2v) is 6.81. The number of rotatable bonds is 3. The van der Waals surface area contributed by atoms with E-state index in [0.29, 0.717) is 23.2 Å². The van der Waals surface area contributed by atoms with Gasteiger partial charge >= 0.3 is 6.18 Å². The van der Waals surface area contributed by atoms with Gasteiger partial charge in [0, 0.05) is 23.7 Å². The molecule has 6 heteroatoms. The molecule has 0 aliphatic carbocycles. The molecule has 3 nitrogen and oxygen atoms in total. The lowest BCUT2D eigenvalue weighted by atomic mass is 9.93. The largest absolute Gasteiger partial charge is 0.416 e. The van der Waals surface area contributed by atoms with E-state index in [2.05, 4.69) is 28.7 Å². The Labute approximate surface area is 145 Å². The Balaban J connectivity index is 1.81. The number of alkyl halides is 3. The summed E-state index contributed by atoms with van der Waals surface area (Å²) in [6, 6.07) is 5.79. The average molecular weight is 349 g/mol. The zero-order valence-electron chi connectivity index (χ0n) is 14.4. The molecule has 0 bridgehead atoms. The molecule has 134 valence electrons. The highest BCUT2D eigenvalue weighted by molar-refractivity contribution is 5.59. The number of hydrogen-bond acceptors (Lipinski definition) is 3. The van der Waals surface area contributed by atoms with Crippen molar-refractivity contribution in [3.8, 4) is 11.3 Å². The fourth-order valence-electron chi connectivity index (χ4n) is 3.28. The van der Waals surface area contributed by atoms with Crippen molar-refractivity contribution in [1.82, 2.24) is 14.9 Å². The smallest absolute Gasteiger partial charge is 0.301 e. The molecule has 1 aromatic carbocycles. The Morgan fingerprint density at radius 1 is 1.12 bits per heavy atom. The van der Waals surface area contributed by atoms with Crippen molar-refractivity contribution in [2.45, 2.75) is 44.8 Å². The van der Waals surface area contributed by atoms with E-state index in [1.54, 1.807) is 12.3 Å². The van der Waals surface area contributed by atoms with Crippen LogP contribution in [0.1, 0.15) is 43.9 Å². The zero-order chi connectivity index (χ0) is 18.0. The first-order valence-electron chi connectivity index (χ1n) is 8.58. The van der Waals surface area contributed by atoms with Crippen molar-refractivity contribution in [3.63, 3.8) is 0 Å². The van der Waals surface area contributed by atoms with Gasteiger partial charge in [0.2, 0.25) is 0 Å². The Bertz CT molecular complexity index is 720. The Morgan fingerprint density at radius 3 is 2.48 bits per heavy atom. The molecule has 0 N–H and O–H groups in total. The summed E-state index contributed by atoms with van der Waals surface area (Å²) in [7, 11) is 0. The highest BCUT2D eigenvalue weighted by Crippen LogP contribution is 2.32. The first kappa shape index (κ1) is 17.9. The maximum Gasteiger partial charge on any atom is 0.416 e. The van der Waals surface area contributed by atoms with Gasteiger partial charge in [-0.3, -0.25) is 4.98 Å². The Kier molecular flexibility index (Phi) is 5.08. The first-order chi connectivity index (χ1) is 11.8. The van der Waals surface area contributed by atoms with Gasteiger partial charge in [-0.2, -0.15) is 13.2 Å². The number of aromatic nitrogens is 2. The van der Waals surface area contributed by atoms with E-state index in [1.165, 1.54) is 12.3 Å². The molecule has 2 aromatic rings. The van der Waals surface area contributed by atoms with Crippen molar-refractivity contribution in [1.29, 1.82) is 0 Å². The Hall–Kier alpha value is -1.95. The van der Waals surface area contributed by atoms with Crippen LogP contribution in [0.4, 0.5) is 13.2 Å². The highest BCUT2D eigenvalue weighted by Gasteiger charge is 2.30. The maximum atomic E-state index is 12.9. The number of halogens is 3. The second-order valence-electron chi connectivity index (χ2n) is 6.81. The molecule has 0 atom stereocenters. The molecule has 0 unspecified atom stereocenters. The molecule has 0 saturated carbocycles. The van der Waals surface area contributed by atoms with E-state index in [0.717, 1.165) is 43.8 Å². The molecule has 1 saturated heterocycles. The van der Waals surface area contributed by atoms with Crippen molar-refractivity contribution in [2.75, 3.05) is 13.1 Å². The minimum atomic E-state index is -4.36. The second kappa shape index (κ2) is 7.12. The first-order valence-corrected chi connectivity index (χ1v) is 8.58. The number of piperidine rings is 1. The van der Waals surface area contributed by atoms with E-state index in [4.69, 9.17) is 0 Å². The lowest BCUT2D eigenvalue weighted by molar-refractivity contribution is -0.137. The molecule has 1 aliphatic rings. The monoisotopic (exact) mass is 349 g/mol. The van der Waals surface area contributed by atoms with Gasteiger partial charge in [0.1, 0.15) is 0 Å². The van der Waals surface area contributed by atoms with Gasteiger partial charge < -0.3 is 4.90 Å². The third-order valence-electron chi connectivity index (χ3n) is 4.82. The van der Waals surface area contributed by atoms with Gasteiger partial charge in [-0.25, -0.2) is 4.98 Å². The van der Waals surface area contributed by atoms with E-state index >= 15 is 0 Å². The number of likely N-dealkylation sites (tertiary alicyclic amines) is 1. The molecule has 1 aliphatic heterocycles. The molecular weight excluding hydrogens is 327 g/mol. The number of hydrogen-bond donors (Lipinski definition) is 0. The SMILES string of the molecule is CC(C)N1CCC(c2cncc(-c3cccc(C(F)(F)F)c3)n2)CC1. The third-order valence-corrected chi connectivity index (χ3v) is 4.82. The van der Waals surface area contributed by atoms with Crippen LogP contribution >= 0.6 is 0 Å². The quantitative estimate of drug-likeness (QED) is 0.801. The predicted molar refractivity (Wildman–Crippen MR) is 91.2 cm³/mol. The zero-order valence-corrected chi connectivity index (χ0v) is 14.4. The molecular formula is C19H22F3N3. The van der Waals surface area contributed by atoms with Gasteiger partial charge in [0.15, 0.2) is 0 Å². The molecule has 1 aromatic heterocycles. The van der Waals surface area contributed by atoms with Crippen LogP contribution < -0.4 is 0 Å². The van der Waals surface area contributed by atoms with Crippen molar-refractivity contribution in [2.24, 2.45) is 0 Å². The van der Waals surface area contributed by atoms with Gasteiger partial charge in [-0.15, -0.1) is 0 Å². The van der Waals surface area contributed by atoms with Gasteiger partial charge in [-0.05, 0) is 51.9 Å². The van der Waals surface area contributed by atoms with Crippen LogP contribution in [-0.2, 0) is 6.18 Å². The highest BCUT2D eigenvalue weighted by atomic mass is 19.4. The summed E-state index contributed by atoms with van der Waals surface area (Å²) in [5.74, 6) is 0.313. The lowest BCUT2D eigenvalue weighted by Gasteiger charge is -2.34. The summed E-state index contributed by atoms with van der Waals surface area (Å²) in [5.41, 5.74) is 1.15. The fraction of sp³-hybridized carbons (Fsp3) is 0.474. The van der Waals surface area contributed by atoms with E-state index in [9.17, 15) is 13.2 Å². The summed E-state index contributed by atoms with van der Waals surface area (Å²) in [5, 5.41) is 0. The van der Waals surface area contributed by atoms with Crippen molar-refractivity contribution >= 4 is 0 Å². The van der Waals surface area contributed by atoms with Crippen LogP contribution in [-0.4, -0.2) is 34.0 Å². The van der Waals surface area contributed by atoms with E-state index in [1.807, 2.05) is 0 Å². The Morgan fingerprint density at radius 2 is 1.84 bits per heavy atom. The van der Waals surface area contributed by atoms with Crippen LogP contribution in [0.2, 0.25) is 0 Å². The van der Waals surface area contributed by atoms with Crippen molar-refractivity contribution < 1.29 is 13.2 Å². The molecule has 2 heterocycles.